The van der Waals surface area contributed by atoms with Gasteiger partial charge in [0.05, 0.1) is 17.6 Å². The Labute approximate surface area is 162 Å². The molecule has 2 aromatic carbocycles. The molecule has 0 atom stereocenters. The number of hydrogen-bond acceptors (Lipinski definition) is 5. The van der Waals surface area contributed by atoms with E-state index in [1.54, 1.807) is 29.9 Å². The molecule has 2 heterocycles. The molecule has 0 aliphatic rings. The summed E-state index contributed by atoms with van der Waals surface area (Å²) in [5.41, 5.74) is 3.12. The molecule has 0 spiro atoms. The molecule has 2 aromatic heterocycles. The highest BCUT2D eigenvalue weighted by Crippen LogP contribution is 2.22. The van der Waals surface area contributed by atoms with Crippen molar-refractivity contribution in [2.45, 2.75) is 6.54 Å². The van der Waals surface area contributed by atoms with Crippen LogP contribution in [0.5, 0.6) is 0 Å². The van der Waals surface area contributed by atoms with Crippen LogP contribution in [0, 0.1) is 5.82 Å². The van der Waals surface area contributed by atoms with E-state index >= 15 is 0 Å². The third-order valence-corrected chi connectivity index (χ3v) is 4.85. The van der Waals surface area contributed by atoms with Gasteiger partial charge in [-0.05, 0) is 42.5 Å². The van der Waals surface area contributed by atoms with Crippen molar-refractivity contribution < 1.29 is 14.0 Å². The first-order chi connectivity index (χ1) is 13.6. The number of carbonyl (C=O) groups is 2. The maximum Gasteiger partial charge on any atom is 0.256 e. The largest absolute Gasteiger partial charge is 0.347 e. The van der Waals surface area contributed by atoms with Crippen LogP contribution in [0.15, 0.2) is 54.2 Å². The monoisotopic (exact) mass is 395 g/mol. The summed E-state index contributed by atoms with van der Waals surface area (Å²) in [6, 6.07) is 10.2. The Morgan fingerprint density at radius 2 is 1.86 bits per heavy atom. The SMILES string of the molecule is O=C(NCc1cncs1)c1ccc2[nH]nc(NC(=O)c3ccc(F)cc3)c2c1. The van der Waals surface area contributed by atoms with Gasteiger partial charge in [0.1, 0.15) is 5.82 Å². The molecule has 7 nitrogen and oxygen atoms in total. The number of halogens is 1. The fourth-order valence-electron chi connectivity index (χ4n) is 2.63. The molecule has 140 valence electrons. The van der Waals surface area contributed by atoms with Crippen molar-refractivity contribution >= 4 is 39.9 Å². The second-order valence-electron chi connectivity index (χ2n) is 5.94. The van der Waals surface area contributed by atoms with E-state index in [-0.39, 0.29) is 5.91 Å². The Bertz CT molecular complexity index is 1140. The first-order valence-electron chi connectivity index (χ1n) is 8.31. The average Bonchev–Trinajstić information content (AvgIpc) is 3.36. The van der Waals surface area contributed by atoms with E-state index in [2.05, 4.69) is 25.8 Å². The number of aromatic nitrogens is 3. The van der Waals surface area contributed by atoms with Gasteiger partial charge in [0.15, 0.2) is 5.82 Å². The van der Waals surface area contributed by atoms with Crippen molar-refractivity contribution in [3.05, 3.63) is 76.0 Å². The van der Waals surface area contributed by atoms with Crippen LogP contribution in [0.2, 0.25) is 0 Å². The van der Waals surface area contributed by atoms with Gasteiger partial charge in [-0.1, -0.05) is 0 Å². The fourth-order valence-corrected chi connectivity index (χ4v) is 3.16. The molecule has 3 N–H and O–H groups in total. The Morgan fingerprint density at radius 3 is 2.61 bits per heavy atom. The van der Waals surface area contributed by atoms with Crippen molar-refractivity contribution in [3.8, 4) is 0 Å². The summed E-state index contributed by atoms with van der Waals surface area (Å²) in [6.07, 6.45) is 1.70. The van der Waals surface area contributed by atoms with Crippen LogP contribution in [-0.4, -0.2) is 27.0 Å². The number of carbonyl (C=O) groups excluding carboxylic acids is 2. The van der Waals surface area contributed by atoms with Crippen LogP contribution in [0.1, 0.15) is 25.6 Å². The van der Waals surface area contributed by atoms with E-state index < -0.39 is 11.7 Å². The van der Waals surface area contributed by atoms with Gasteiger partial charge in [0.2, 0.25) is 0 Å². The molecule has 0 unspecified atom stereocenters. The van der Waals surface area contributed by atoms with Gasteiger partial charge in [-0.15, -0.1) is 11.3 Å². The molecule has 0 saturated carbocycles. The number of fused-ring (bicyclic) bond motifs is 1. The van der Waals surface area contributed by atoms with E-state index in [1.165, 1.54) is 35.6 Å². The van der Waals surface area contributed by atoms with Crippen LogP contribution in [0.3, 0.4) is 0 Å². The van der Waals surface area contributed by atoms with Gasteiger partial charge in [0.25, 0.3) is 11.8 Å². The number of amides is 2. The predicted octanol–water partition coefficient (Wildman–Crippen LogP) is 3.34. The number of benzene rings is 2. The molecular weight excluding hydrogens is 381 g/mol. The van der Waals surface area contributed by atoms with Crippen molar-refractivity contribution in [2.75, 3.05) is 5.32 Å². The summed E-state index contributed by atoms with van der Waals surface area (Å²) in [7, 11) is 0. The maximum absolute atomic E-state index is 13.0. The average molecular weight is 395 g/mol. The van der Waals surface area contributed by atoms with E-state index in [1.807, 2.05) is 0 Å². The zero-order valence-corrected chi connectivity index (χ0v) is 15.2. The molecule has 4 rings (SSSR count). The number of nitrogens with zero attached hydrogens (tertiary/aromatic N) is 2. The highest BCUT2D eigenvalue weighted by molar-refractivity contribution is 7.09. The van der Waals surface area contributed by atoms with Gasteiger partial charge in [-0.25, -0.2) is 4.39 Å². The molecule has 4 aromatic rings. The van der Waals surface area contributed by atoms with Gasteiger partial charge in [-0.2, -0.15) is 5.10 Å². The standard InChI is InChI=1S/C19H14FN5O2S/c20-13-4-1-11(2-5-13)19(27)23-17-15-7-12(3-6-16(15)24-25-17)18(26)22-9-14-8-21-10-28-14/h1-8,10H,9H2,(H,22,26)(H2,23,24,25,27). The molecule has 2 amide bonds. The summed E-state index contributed by atoms with van der Waals surface area (Å²) >= 11 is 1.46. The Kier molecular flexibility index (Phi) is 4.81. The molecule has 28 heavy (non-hydrogen) atoms. The normalized spacial score (nSPS) is 10.8. The van der Waals surface area contributed by atoms with Crippen molar-refractivity contribution in [1.82, 2.24) is 20.5 Å². The molecule has 0 saturated heterocycles. The molecule has 0 radical (unpaired) electrons. The van der Waals surface area contributed by atoms with E-state index in [0.29, 0.717) is 34.4 Å². The van der Waals surface area contributed by atoms with Crippen molar-refractivity contribution in [1.29, 1.82) is 0 Å². The Morgan fingerprint density at radius 1 is 1.07 bits per heavy atom. The van der Waals surface area contributed by atoms with Crippen molar-refractivity contribution in [3.63, 3.8) is 0 Å². The number of thiazole rings is 1. The Hall–Kier alpha value is -3.59. The number of rotatable bonds is 5. The molecule has 0 aliphatic heterocycles. The third-order valence-electron chi connectivity index (χ3n) is 4.07. The molecular formula is C19H14FN5O2S. The van der Waals surface area contributed by atoms with Crippen LogP contribution in [0.25, 0.3) is 10.9 Å². The second kappa shape index (κ2) is 7.57. The number of aromatic amines is 1. The number of nitrogens with one attached hydrogen (secondary N) is 3. The van der Waals surface area contributed by atoms with Gasteiger partial charge >= 0.3 is 0 Å². The summed E-state index contributed by atoms with van der Waals surface area (Å²) in [5.74, 6) is -0.794. The lowest BCUT2D eigenvalue weighted by atomic mass is 10.1. The third kappa shape index (κ3) is 3.74. The van der Waals surface area contributed by atoms with Crippen LogP contribution in [0.4, 0.5) is 10.2 Å². The van der Waals surface area contributed by atoms with Gasteiger partial charge in [0, 0.05) is 27.6 Å². The van der Waals surface area contributed by atoms with Gasteiger partial charge in [-0.3, -0.25) is 19.7 Å². The van der Waals surface area contributed by atoms with Crippen LogP contribution < -0.4 is 10.6 Å². The van der Waals surface area contributed by atoms with E-state index in [0.717, 1.165) is 4.88 Å². The summed E-state index contributed by atoms with van der Waals surface area (Å²) < 4.78 is 13.0. The van der Waals surface area contributed by atoms with E-state index in [4.69, 9.17) is 0 Å². The lowest BCUT2D eigenvalue weighted by Crippen LogP contribution is -2.22. The number of hydrogen-bond donors (Lipinski definition) is 3. The minimum absolute atomic E-state index is 0.243. The quantitative estimate of drug-likeness (QED) is 0.483. The first-order valence-corrected chi connectivity index (χ1v) is 9.19. The number of anilines is 1. The molecule has 9 heteroatoms. The lowest BCUT2D eigenvalue weighted by molar-refractivity contribution is 0.0950. The van der Waals surface area contributed by atoms with Crippen LogP contribution in [-0.2, 0) is 6.54 Å². The predicted molar refractivity (Wildman–Crippen MR) is 104 cm³/mol. The topological polar surface area (TPSA) is 99.8 Å². The Balaban J connectivity index is 1.53. The zero-order valence-electron chi connectivity index (χ0n) is 14.4. The van der Waals surface area contributed by atoms with Gasteiger partial charge < -0.3 is 10.6 Å². The fraction of sp³-hybridized carbons (Fsp3) is 0.0526. The first kappa shape index (κ1) is 17.8. The minimum Gasteiger partial charge on any atom is -0.347 e. The number of H-pyrrole nitrogens is 1. The molecule has 0 fully saturated rings. The van der Waals surface area contributed by atoms with Crippen LogP contribution >= 0.6 is 11.3 Å². The van der Waals surface area contributed by atoms with E-state index in [9.17, 15) is 14.0 Å². The smallest absolute Gasteiger partial charge is 0.256 e. The van der Waals surface area contributed by atoms with Crippen molar-refractivity contribution in [2.24, 2.45) is 0 Å². The second-order valence-corrected chi connectivity index (χ2v) is 6.91. The summed E-state index contributed by atoms with van der Waals surface area (Å²) in [5, 5.41) is 13.0. The molecule has 0 aliphatic carbocycles. The zero-order chi connectivity index (χ0) is 19.5. The maximum atomic E-state index is 13.0. The molecule has 0 bridgehead atoms. The highest BCUT2D eigenvalue weighted by Gasteiger charge is 2.14. The highest BCUT2D eigenvalue weighted by atomic mass is 32.1. The summed E-state index contributed by atoms with van der Waals surface area (Å²) in [4.78, 5) is 29.7. The minimum atomic E-state index is -0.423. The summed E-state index contributed by atoms with van der Waals surface area (Å²) in [6.45, 7) is 0.390. The lowest BCUT2D eigenvalue weighted by Gasteiger charge is -2.05.